The average molecular weight is 332 g/mol. The zero-order valence-corrected chi connectivity index (χ0v) is 13.3. The molecule has 4 N–H and O–H groups in total. The normalized spacial score (nSPS) is 15.6. The fourth-order valence-corrected chi connectivity index (χ4v) is 2.39. The van der Waals surface area contributed by atoms with E-state index in [0.29, 0.717) is 0 Å². The number of Topliss-reactive ketones (excluding diaryl/α,β-unsaturated/α-hetero) is 1. The number of benzene rings is 1. The minimum atomic E-state index is -1.13. The highest BCUT2D eigenvalue weighted by atomic mass is 16.4. The standard InChI is InChI=1S/C16H20N4O4/c1-10(21)14(15(22)18-11-6-8-17-9-7-11)20-19-13-5-3-2-4-12(13)16(23)24/h2-5,11,17,19H,6-9H2,1H3,(H,18,22)(H,23,24)/b20-14+. The zero-order chi connectivity index (χ0) is 17.5. The third-order valence-corrected chi connectivity index (χ3v) is 3.67. The summed E-state index contributed by atoms with van der Waals surface area (Å²) in [5, 5.41) is 18.9. The molecule has 1 amide bonds. The number of anilines is 1. The number of nitrogens with one attached hydrogen (secondary N) is 3. The fraction of sp³-hybridized carbons (Fsp3) is 0.375. The van der Waals surface area contributed by atoms with Crippen LogP contribution in [-0.2, 0) is 9.59 Å². The van der Waals surface area contributed by atoms with Crippen molar-refractivity contribution < 1.29 is 19.5 Å². The molecular weight excluding hydrogens is 312 g/mol. The van der Waals surface area contributed by atoms with Crippen molar-refractivity contribution in [3.63, 3.8) is 0 Å². The van der Waals surface area contributed by atoms with Gasteiger partial charge in [-0.1, -0.05) is 12.1 Å². The molecule has 1 heterocycles. The van der Waals surface area contributed by atoms with Gasteiger partial charge in [0.2, 0.25) is 0 Å². The Morgan fingerprint density at radius 1 is 1.21 bits per heavy atom. The van der Waals surface area contributed by atoms with Crippen molar-refractivity contribution in [3.8, 4) is 0 Å². The fourth-order valence-electron chi connectivity index (χ4n) is 2.39. The molecular formula is C16H20N4O4. The summed E-state index contributed by atoms with van der Waals surface area (Å²) >= 11 is 0. The van der Waals surface area contributed by atoms with Crippen LogP contribution < -0.4 is 16.1 Å². The summed E-state index contributed by atoms with van der Waals surface area (Å²) < 4.78 is 0. The lowest BCUT2D eigenvalue weighted by atomic mass is 10.1. The summed E-state index contributed by atoms with van der Waals surface area (Å²) in [6, 6.07) is 6.12. The summed E-state index contributed by atoms with van der Waals surface area (Å²) in [5.74, 6) is -2.19. The molecule has 8 heteroatoms. The van der Waals surface area contributed by atoms with E-state index < -0.39 is 17.7 Å². The summed E-state index contributed by atoms with van der Waals surface area (Å²) in [5.41, 5.74) is 2.43. The van der Waals surface area contributed by atoms with Gasteiger partial charge in [-0.05, 0) is 38.1 Å². The third kappa shape index (κ3) is 4.63. The average Bonchev–Trinajstić information content (AvgIpc) is 2.56. The predicted molar refractivity (Wildman–Crippen MR) is 89.2 cm³/mol. The molecule has 1 aromatic carbocycles. The second-order valence-corrected chi connectivity index (χ2v) is 5.48. The number of nitrogens with zero attached hydrogens (tertiary/aromatic N) is 1. The van der Waals surface area contributed by atoms with Crippen molar-refractivity contribution in [3.05, 3.63) is 29.8 Å². The van der Waals surface area contributed by atoms with Crippen LogP contribution in [0.25, 0.3) is 0 Å². The number of piperidine rings is 1. The van der Waals surface area contributed by atoms with Crippen molar-refractivity contribution in [2.45, 2.75) is 25.8 Å². The van der Waals surface area contributed by atoms with Crippen LogP contribution in [0, 0.1) is 0 Å². The van der Waals surface area contributed by atoms with Crippen LogP contribution in [0.5, 0.6) is 0 Å². The molecule has 1 saturated heterocycles. The first-order valence-corrected chi connectivity index (χ1v) is 7.67. The van der Waals surface area contributed by atoms with Crippen molar-refractivity contribution in [1.29, 1.82) is 0 Å². The van der Waals surface area contributed by atoms with Crippen molar-refractivity contribution >= 4 is 29.1 Å². The van der Waals surface area contributed by atoms with Crippen LogP contribution >= 0.6 is 0 Å². The van der Waals surface area contributed by atoms with Gasteiger partial charge in [-0.15, -0.1) is 0 Å². The Kier molecular flexibility index (Phi) is 6.02. The molecule has 0 aliphatic carbocycles. The van der Waals surface area contributed by atoms with Crippen LogP contribution in [0.4, 0.5) is 5.69 Å². The Morgan fingerprint density at radius 2 is 1.88 bits per heavy atom. The van der Waals surface area contributed by atoms with E-state index in [2.05, 4.69) is 21.2 Å². The van der Waals surface area contributed by atoms with Crippen LogP contribution in [0.2, 0.25) is 0 Å². The molecule has 0 bridgehead atoms. The topological polar surface area (TPSA) is 120 Å². The van der Waals surface area contributed by atoms with E-state index in [1.54, 1.807) is 12.1 Å². The number of aromatic carboxylic acids is 1. The number of carbonyl (C=O) groups excluding carboxylic acids is 2. The van der Waals surface area contributed by atoms with E-state index in [0.717, 1.165) is 25.9 Å². The van der Waals surface area contributed by atoms with E-state index >= 15 is 0 Å². The third-order valence-electron chi connectivity index (χ3n) is 3.67. The molecule has 1 aliphatic rings. The highest BCUT2D eigenvalue weighted by molar-refractivity contribution is 6.65. The number of carboxylic acids is 1. The number of rotatable bonds is 6. The number of para-hydroxylation sites is 1. The van der Waals surface area contributed by atoms with Gasteiger partial charge in [0.05, 0.1) is 11.3 Å². The van der Waals surface area contributed by atoms with Crippen LogP contribution in [0.1, 0.15) is 30.1 Å². The number of hydrogen-bond donors (Lipinski definition) is 4. The van der Waals surface area contributed by atoms with Crippen LogP contribution in [0.15, 0.2) is 29.4 Å². The second kappa shape index (κ2) is 8.21. The maximum atomic E-state index is 12.3. The summed E-state index contributed by atoms with van der Waals surface area (Å²) in [6.45, 7) is 2.86. The molecule has 0 atom stereocenters. The number of hydrogen-bond acceptors (Lipinski definition) is 6. The Labute approximate surface area is 139 Å². The van der Waals surface area contributed by atoms with E-state index in [4.69, 9.17) is 5.11 Å². The number of amides is 1. The molecule has 1 fully saturated rings. The molecule has 1 aromatic rings. The first-order chi connectivity index (χ1) is 11.5. The van der Waals surface area contributed by atoms with E-state index in [1.807, 2.05) is 0 Å². The van der Waals surface area contributed by atoms with Gasteiger partial charge in [0.1, 0.15) is 0 Å². The molecule has 0 unspecified atom stereocenters. The van der Waals surface area contributed by atoms with Crippen molar-refractivity contribution in [2.24, 2.45) is 5.10 Å². The Bertz CT molecular complexity index is 666. The second-order valence-electron chi connectivity index (χ2n) is 5.48. The lowest BCUT2D eigenvalue weighted by molar-refractivity contribution is -0.117. The molecule has 0 saturated carbocycles. The first kappa shape index (κ1) is 17.6. The minimum Gasteiger partial charge on any atom is -0.478 e. The summed E-state index contributed by atoms with van der Waals surface area (Å²) in [6.07, 6.45) is 1.57. The Morgan fingerprint density at radius 3 is 2.50 bits per heavy atom. The van der Waals surface area contributed by atoms with Gasteiger partial charge >= 0.3 is 5.97 Å². The lowest BCUT2D eigenvalue weighted by Gasteiger charge is -2.23. The number of hydrazone groups is 1. The monoisotopic (exact) mass is 332 g/mol. The maximum Gasteiger partial charge on any atom is 0.337 e. The van der Waals surface area contributed by atoms with Gasteiger partial charge in [-0.25, -0.2) is 4.79 Å². The largest absolute Gasteiger partial charge is 0.478 e. The summed E-state index contributed by atoms with van der Waals surface area (Å²) in [4.78, 5) is 35.1. The summed E-state index contributed by atoms with van der Waals surface area (Å²) in [7, 11) is 0. The van der Waals surface area contributed by atoms with Gasteiger partial charge in [0.25, 0.3) is 5.91 Å². The predicted octanol–water partition coefficient (Wildman–Crippen LogP) is 0.610. The Balaban J connectivity index is 2.12. The SMILES string of the molecule is CC(=O)/C(=N\Nc1ccccc1C(=O)O)C(=O)NC1CCNCC1. The first-order valence-electron chi connectivity index (χ1n) is 7.67. The quantitative estimate of drug-likeness (QED) is 0.344. The Hall–Kier alpha value is -2.74. The van der Waals surface area contributed by atoms with Crippen LogP contribution in [-0.4, -0.2) is 47.6 Å². The van der Waals surface area contributed by atoms with E-state index in [1.165, 1.54) is 19.1 Å². The van der Waals surface area contributed by atoms with Gasteiger partial charge in [0, 0.05) is 13.0 Å². The molecule has 2 rings (SSSR count). The van der Waals surface area contributed by atoms with Gasteiger partial charge in [0.15, 0.2) is 11.5 Å². The van der Waals surface area contributed by atoms with Gasteiger partial charge in [-0.2, -0.15) is 5.10 Å². The molecule has 0 spiro atoms. The molecule has 0 aromatic heterocycles. The van der Waals surface area contributed by atoms with Crippen LogP contribution in [0.3, 0.4) is 0 Å². The van der Waals surface area contributed by atoms with Crippen molar-refractivity contribution in [2.75, 3.05) is 18.5 Å². The molecule has 1 aliphatic heterocycles. The van der Waals surface area contributed by atoms with Gasteiger partial charge < -0.3 is 15.7 Å². The van der Waals surface area contributed by atoms with E-state index in [-0.39, 0.29) is 23.0 Å². The molecule has 8 nitrogen and oxygen atoms in total. The maximum absolute atomic E-state index is 12.3. The smallest absolute Gasteiger partial charge is 0.337 e. The number of carboxylic acid groups (broad SMARTS) is 1. The zero-order valence-electron chi connectivity index (χ0n) is 13.3. The van der Waals surface area contributed by atoms with E-state index in [9.17, 15) is 14.4 Å². The number of carbonyl (C=O) groups is 3. The number of ketones is 1. The van der Waals surface area contributed by atoms with Gasteiger partial charge in [-0.3, -0.25) is 15.0 Å². The highest BCUT2D eigenvalue weighted by Crippen LogP contribution is 2.14. The molecule has 24 heavy (non-hydrogen) atoms. The lowest BCUT2D eigenvalue weighted by Crippen LogP contribution is -2.46. The highest BCUT2D eigenvalue weighted by Gasteiger charge is 2.22. The molecule has 128 valence electrons. The molecule has 0 radical (unpaired) electrons. The minimum absolute atomic E-state index is 0.00270. The van der Waals surface area contributed by atoms with Crippen molar-refractivity contribution in [1.82, 2.24) is 10.6 Å².